The van der Waals surface area contributed by atoms with Crippen molar-refractivity contribution >= 4 is 50.1 Å². The maximum Gasteiger partial charge on any atom is 0.0366 e. The van der Waals surface area contributed by atoms with E-state index in [1.165, 1.54) is 78.2 Å². The van der Waals surface area contributed by atoms with Gasteiger partial charge in [0.2, 0.25) is 0 Å². The Hall–Kier alpha value is -4.69. The predicted octanol–water partition coefficient (Wildman–Crippen LogP) is 11.5. The van der Waals surface area contributed by atoms with Crippen molar-refractivity contribution in [1.82, 2.24) is 0 Å². The van der Waals surface area contributed by atoms with Gasteiger partial charge in [-0.1, -0.05) is 110 Å². The molecule has 5 aromatic rings. The van der Waals surface area contributed by atoms with Gasteiger partial charge in [-0.25, -0.2) is 0 Å². The van der Waals surface area contributed by atoms with E-state index >= 15 is 0 Å². The molecule has 0 fully saturated rings. The summed E-state index contributed by atoms with van der Waals surface area (Å²) in [4.78, 5) is 4.90. The first-order valence-corrected chi connectivity index (χ1v) is 19.0. The third kappa shape index (κ3) is 10.2. The topological polar surface area (TPSA) is 6.48 Å². The zero-order valence-corrected chi connectivity index (χ0v) is 32.8. The maximum absolute atomic E-state index is 5.86. The number of benzene rings is 5. The molecular formula is C48H57B2N2. The Morgan fingerprint density at radius 3 is 1.25 bits per heavy atom. The third-order valence-corrected chi connectivity index (χ3v) is 9.74. The lowest BCUT2D eigenvalue weighted by atomic mass is 9.81. The Balaban J connectivity index is 0.00000202. The van der Waals surface area contributed by atoms with Crippen LogP contribution in [0.15, 0.2) is 109 Å². The number of nitrogens with zero attached hydrogens (tertiary/aromatic N) is 2. The Morgan fingerprint density at radius 2 is 0.923 bits per heavy atom. The minimum Gasteiger partial charge on any atom is -0.372 e. The van der Waals surface area contributed by atoms with Crippen LogP contribution in [0.1, 0.15) is 96.2 Å². The van der Waals surface area contributed by atoms with Gasteiger partial charge in [0.15, 0.2) is 0 Å². The summed E-state index contributed by atoms with van der Waals surface area (Å²) in [7, 11) is 5.14. The summed E-state index contributed by atoms with van der Waals surface area (Å²) >= 11 is 0. The number of hydrogen-bond acceptors (Lipinski definition) is 2. The van der Waals surface area contributed by atoms with Crippen LogP contribution >= 0.6 is 0 Å². The number of hydrogen-bond donors (Lipinski definition) is 0. The van der Waals surface area contributed by atoms with E-state index in [-0.39, 0.29) is 0 Å². The lowest BCUT2D eigenvalue weighted by molar-refractivity contribution is 0.745. The molecule has 0 amide bonds. The van der Waals surface area contributed by atoms with Crippen LogP contribution in [0.3, 0.4) is 0 Å². The lowest BCUT2D eigenvalue weighted by Crippen LogP contribution is -2.24. The molecule has 0 saturated carbocycles. The summed E-state index contributed by atoms with van der Waals surface area (Å²) in [5, 5.41) is 0. The van der Waals surface area contributed by atoms with Crippen molar-refractivity contribution in [2.45, 2.75) is 68.2 Å². The Morgan fingerprint density at radius 1 is 0.558 bits per heavy atom. The fraction of sp³-hybridized carbons (Fsp3) is 0.292. The second kappa shape index (κ2) is 19.8. The average Bonchev–Trinajstić information content (AvgIpc) is 3.15. The van der Waals surface area contributed by atoms with E-state index < -0.39 is 0 Å². The first kappa shape index (κ1) is 38.5. The SMILES string of the molecule is CCCN(CCC)c1ccc(C(=Cc2ccc(C=C(c3ccc(N(CC)CC)cc3)c3ccc(C)cc3C)cc2)c2ccc(C)cc2C)cc1.[2H][B][B]. The highest BCUT2D eigenvalue weighted by molar-refractivity contribution is 6.75. The molecule has 0 aliphatic heterocycles. The molecule has 0 heterocycles. The zero-order chi connectivity index (χ0) is 38.3. The van der Waals surface area contributed by atoms with E-state index in [0.29, 0.717) is 0 Å². The summed E-state index contributed by atoms with van der Waals surface area (Å²) in [6.07, 6.45) is 7.00. The highest BCUT2D eigenvalue weighted by Gasteiger charge is 2.13. The van der Waals surface area contributed by atoms with Crippen molar-refractivity contribution < 1.29 is 0 Å². The largest absolute Gasteiger partial charge is 0.372 e. The first-order valence-electron chi connectivity index (χ1n) is 19.5. The van der Waals surface area contributed by atoms with Crippen molar-refractivity contribution in [3.63, 3.8) is 0 Å². The van der Waals surface area contributed by atoms with Crippen LogP contribution in [0.25, 0.3) is 23.3 Å². The molecule has 0 atom stereocenters. The highest BCUT2D eigenvalue weighted by Crippen LogP contribution is 2.33. The molecule has 0 saturated heterocycles. The van der Waals surface area contributed by atoms with E-state index in [1.54, 1.807) is 0 Å². The van der Waals surface area contributed by atoms with Crippen molar-refractivity contribution in [2.75, 3.05) is 36.0 Å². The summed E-state index contributed by atoms with van der Waals surface area (Å²) < 4.78 is 5.86. The molecule has 0 aliphatic rings. The van der Waals surface area contributed by atoms with E-state index in [4.69, 9.17) is 1.34 Å². The molecule has 3 radical (unpaired) electrons. The van der Waals surface area contributed by atoms with Gasteiger partial charge in [-0.05, 0) is 148 Å². The summed E-state index contributed by atoms with van der Waals surface area (Å²) in [5.41, 5.74) is 17.6. The van der Waals surface area contributed by atoms with E-state index in [1.807, 2.05) is 0 Å². The zero-order valence-electron chi connectivity index (χ0n) is 33.8. The highest BCUT2D eigenvalue weighted by atomic mass is 15.1. The van der Waals surface area contributed by atoms with Crippen molar-refractivity contribution in [2.24, 2.45) is 0 Å². The smallest absolute Gasteiger partial charge is 0.0366 e. The molecule has 5 aromatic carbocycles. The molecule has 265 valence electrons. The van der Waals surface area contributed by atoms with Crippen LogP contribution in [0.5, 0.6) is 0 Å². The minimum absolute atomic E-state index is 0.750. The fourth-order valence-corrected chi connectivity index (χ4v) is 7.09. The molecule has 0 aliphatic carbocycles. The van der Waals surface area contributed by atoms with E-state index in [2.05, 4.69) is 194 Å². The van der Waals surface area contributed by atoms with Crippen LogP contribution in [0.4, 0.5) is 11.4 Å². The normalized spacial score (nSPS) is 11.7. The predicted molar refractivity (Wildman–Crippen MR) is 234 cm³/mol. The summed E-state index contributed by atoms with van der Waals surface area (Å²) in [6.45, 7) is 21.9. The second-order valence-electron chi connectivity index (χ2n) is 13.7. The van der Waals surface area contributed by atoms with Crippen molar-refractivity contribution in [3.05, 3.63) is 165 Å². The molecule has 0 bridgehead atoms. The molecule has 0 unspecified atom stereocenters. The Labute approximate surface area is 319 Å². The van der Waals surface area contributed by atoms with Crippen LogP contribution in [0.2, 0.25) is 0 Å². The number of rotatable bonds is 14. The Bertz CT molecular complexity index is 1930. The third-order valence-electron chi connectivity index (χ3n) is 9.74. The molecule has 5 rings (SSSR count). The molecule has 0 N–H and O–H groups in total. The van der Waals surface area contributed by atoms with Gasteiger partial charge >= 0.3 is 0 Å². The monoisotopic (exact) mass is 684 g/mol. The fourth-order valence-electron chi connectivity index (χ4n) is 7.09. The van der Waals surface area contributed by atoms with Gasteiger partial charge < -0.3 is 9.80 Å². The molecule has 2 nitrogen and oxygen atoms in total. The van der Waals surface area contributed by atoms with Gasteiger partial charge in [0.1, 0.15) is 0 Å². The van der Waals surface area contributed by atoms with Crippen molar-refractivity contribution in [3.8, 4) is 0 Å². The lowest BCUT2D eigenvalue weighted by Gasteiger charge is -2.24. The first-order chi connectivity index (χ1) is 25.6. The average molecular weight is 685 g/mol. The van der Waals surface area contributed by atoms with Gasteiger partial charge in [-0.2, -0.15) is 0 Å². The van der Waals surface area contributed by atoms with Gasteiger partial charge in [-0.3, -0.25) is 0 Å². The maximum atomic E-state index is 5.86. The van der Waals surface area contributed by atoms with Crippen molar-refractivity contribution in [1.29, 1.82) is 1.34 Å². The minimum atomic E-state index is 0.750. The van der Waals surface area contributed by atoms with Crippen LogP contribution < -0.4 is 9.80 Å². The van der Waals surface area contributed by atoms with Gasteiger partial charge in [0, 0.05) is 53.0 Å². The number of aryl methyl sites for hydroxylation is 4. The molecule has 52 heavy (non-hydrogen) atoms. The van der Waals surface area contributed by atoms with Crippen LogP contribution in [-0.2, 0) is 0 Å². The van der Waals surface area contributed by atoms with E-state index in [9.17, 15) is 0 Å². The number of anilines is 2. The molecular weight excluding hydrogens is 626 g/mol. The van der Waals surface area contributed by atoms with Gasteiger partial charge in [0.25, 0.3) is 0 Å². The molecule has 4 heteroatoms. The van der Waals surface area contributed by atoms with E-state index in [0.717, 1.165) is 46.7 Å². The van der Waals surface area contributed by atoms with Crippen LogP contribution in [0, 0.1) is 27.7 Å². The quantitative estimate of drug-likeness (QED) is 0.0849. The summed E-state index contributed by atoms with van der Waals surface area (Å²) in [5.74, 6) is 0. The van der Waals surface area contributed by atoms with Gasteiger partial charge in [-0.15, -0.1) is 0 Å². The second-order valence-corrected chi connectivity index (χ2v) is 13.7. The van der Waals surface area contributed by atoms with Crippen LogP contribution in [-0.4, -0.2) is 43.0 Å². The Kier molecular flexibility index (Phi) is 14.7. The van der Waals surface area contributed by atoms with Gasteiger partial charge in [0.05, 0.1) is 0 Å². The molecule has 0 aromatic heterocycles. The standard InChI is InChI=1S/C48H56N2.B2H/c1-9-29-50(30-10-2)44-25-21-42(22-26-44)48(46-28-14-36(6)32-38(46)8)34-40-17-15-39(16-18-40)33-47(45-27-13-35(5)31-37(45)7)41-19-23-43(24-20-41)49(11-3)12-4;1-2/h13-28,31-34H,9-12,29-30H2,1-8H3;1H/i;1D. The summed E-state index contributed by atoms with van der Waals surface area (Å²) in [6, 6.07) is 40.9. The molecule has 0 spiro atoms.